The molecule has 0 atom stereocenters. The Hall–Kier alpha value is -2.78. The molecule has 10 heteroatoms. The summed E-state index contributed by atoms with van der Waals surface area (Å²) in [5, 5.41) is 0. The van der Waals surface area contributed by atoms with Crippen molar-refractivity contribution in [3.8, 4) is 12.0 Å². The molecule has 140 valence electrons. The van der Waals surface area contributed by atoms with Crippen molar-refractivity contribution in [2.45, 2.75) is 6.18 Å². The highest BCUT2D eigenvalue weighted by atomic mass is 19.4. The minimum atomic E-state index is -4.35. The molecule has 0 spiro atoms. The molecule has 2 heterocycles. The van der Waals surface area contributed by atoms with E-state index in [1.54, 1.807) is 6.07 Å². The van der Waals surface area contributed by atoms with Crippen LogP contribution < -0.4 is 19.3 Å². The third-order valence-corrected chi connectivity index (χ3v) is 4.05. The second-order valence-electron chi connectivity index (χ2n) is 5.63. The average molecular weight is 369 g/mol. The van der Waals surface area contributed by atoms with E-state index in [4.69, 9.17) is 9.47 Å². The van der Waals surface area contributed by atoms with E-state index in [1.165, 1.54) is 26.4 Å². The van der Waals surface area contributed by atoms with Crippen LogP contribution in [0.3, 0.4) is 0 Å². The minimum absolute atomic E-state index is 0.146. The molecule has 0 saturated carbocycles. The molecule has 1 aromatic heterocycles. The summed E-state index contributed by atoms with van der Waals surface area (Å²) in [4.78, 5) is 16.2. The summed E-state index contributed by atoms with van der Waals surface area (Å²) in [6.45, 7) is 2.17. The molecule has 1 aromatic carbocycles. The van der Waals surface area contributed by atoms with Gasteiger partial charge in [-0.15, -0.1) is 4.98 Å². The van der Waals surface area contributed by atoms with Crippen LogP contribution in [0.25, 0.3) is 0 Å². The summed E-state index contributed by atoms with van der Waals surface area (Å²) in [7, 11) is 2.90. The van der Waals surface area contributed by atoms with Crippen molar-refractivity contribution >= 4 is 11.6 Å². The van der Waals surface area contributed by atoms with Gasteiger partial charge in [0.2, 0.25) is 5.95 Å². The molecule has 26 heavy (non-hydrogen) atoms. The monoisotopic (exact) mass is 369 g/mol. The van der Waals surface area contributed by atoms with Gasteiger partial charge in [0.15, 0.2) is 0 Å². The number of piperazine rings is 1. The number of alkyl halides is 3. The Morgan fingerprint density at radius 2 is 1.46 bits per heavy atom. The number of ether oxygens (including phenoxy) is 2. The second-order valence-corrected chi connectivity index (χ2v) is 5.63. The number of anilines is 2. The molecule has 1 aliphatic heterocycles. The number of rotatable bonds is 4. The summed E-state index contributed by atoms with van der Waals surface area (Å²) in [6, 6.07) is 5.64. The Balaban J connectivity index is 1.72. The van der Waals surface area contributed by atoms with Crippen LogP contribution in [0.15, 0.2) is 24.3 Å². The molecule has 0 aliphatic carbocycles. The topological polar surface area (TPSA) is 63.6 Å². The fourth-order valence-electron chi connectivity index (χ4n) is 2.70. The highest BCUT2D eigenvalue weighted by Gasteiger charge is 2.31. The molecule has 0 amide bonds. The van der Waals surface area contributed by atoms with Gasteiger partial charge < -0.3 is 19.3 Å². The predicted octanol–water partition coefficient (Wildman–Crippen LogP) is 2.23. The Morgan fingerprint density at radius 3 is 2.00 bits per heavy atom. The maximum absolute atomic E-state index is 12.9. The number of aromatic nitrogens is 3. The Morgan fingerprint density at radius 1 is 0.885 bits per heavy atom. The van der Waals surface area contributed by atoms with Crippen LogP contribution in [0.4, 0.5) is 24.8 Å². The number of halogens is 3. The number of benzene rings is 1. The van der Waals surface area contributed by atoms with E-state index in [0.29, 0.717) is 37.8 Å². The number of hydrogen-bond acceptors (Lipinski definition) is 7. The minimum Gasteiger partial charge on any atom is -0.467 e. The van der Waals surface area contributed by atoms with Gasteiger partial charge in [-0.3, -0.25) is 0 Å². The van der Waals surface area contributed by atoms with Gasteiger partial charge in [0.1, 0.15) is 0 Å². The number of hydrogen-bond donors (Lipinski definition) is 0. The van der Waals surface area contributed by atoms with Gasteiger partial charge in [0.05, 0.1) is 19.8 Å². The molecule has 1 fully saturated rings. The lowest BCUT2D eigenvalue weighted by atomic mass is 10.1. The van der Waals surface area contributed by atoms with Gasteiger partial charge >= 0.3 is 18.2 Å². The van der Waals surface area contributed by atoms with Crippen LogP contribution >= 0.6 is 0 Å². The maximum Gasteiger partial charge on any atom is 0.416 e. The van der Waals surface area contributed by atoms with Crippen molar-refractivity contribution in [3.05, 3.63) is 29.8 Å². The zero-order valence-electron chi connectivity index (χ0n) is 14.3. The van der Waals surface area contributed by atoms with Crippen LogP contribution in [-0.2, 0) is 6.18 Å². The molecule has 0 bridgehead atoms. The average Bonchev–Trinajstić information content (AvgIpc) is 2.67. The highest BCUT2D eigenvalue weighted by Crippen LogP contribution is 2.32. The first-order valence-electron chi connectivity index (χ1n) is 7.92. The Kier molecular flexibility index (Phi) is 5.01. The molecular weight excluding hydrogens is 351 g/mol. The van der Waals surface area contributed by atoms with E-state index < -0.39 is 11.7 Å². The standard InChI is InChI=1S/C16H18F3N5O2/c1-25-14-20-13(21-15(22-14)26-2)24-8-6-23(7-9-24)12-5-3-4-11(10-12)16(17,18)19/h3-5,10H,6-9H2,1-2H3. The molecule has 2 aromatic rings. The fraction of sp³-hybridized carbons (Fsp3) is 0.438. The van der Waals surface area contributed by atoms with Gasteiger partial charge in [-0.2, -0.15) is 23.1 Å². The van der Waals surface area contributed by atoms with Crippen molar-refractivity contribution in [2.24, 2.45) is 0 Å². The first-order valence-corrected chi connectivity index (χ1v) is 7.92. The largest absolute Gasteiger partial charge is 0.467 e. The smallest absolute Gasteiger partial charge is 0.416 e. The molecule has 0 N–H and O–H groups in total. The summed E-state index contributed by atoms with van der Waals surface area (Å²) in [5.41, 5.74) is -0.102. The van der Waals surface area contributed by atoms with Gasteiger partial charge in [0, 0.05) is 31.9 Å². The molecular formula is C16H18F3N5O2. The van der Waals surface area contributed by atoms with Crippen LogP contribution in [-0.4, -0.2) is 55.4 Å². The first kappa shape index (κ1) is 18.0. The van der Waals surface area contributed by atoms with E-state index in [-0.39, 0.29) is 12.0 Å². The normalized spacial score (nSPS) is 15.1. The van der Waals surface area contributed by atoms with Crippen molar-refractivity contribution in [3.63, 3.8) is 0 Å². The van der Waals surface area contributed by atoms with E-state index in [0.717, 1.165) is 6.07 Å². The fourth-order valence-corrected chi connectivity index (χ4v) is 2.70. The van der Waals surface area contributed by atoms with Crippen molar-refractivity contribution < 1.29 is 22.6 Å². The quantitative estimate of drug-likeness (QED) is 0.819. The lowest BCUT2D eigenvalue weighted by Crippen LogP contribution is -2.47. The maximum atomic E-state index is 12.9. The van der Waals surface area contributed by atoms with Crippen LogP contribution in [0.1, 0.15) is 5.56 Å². The lowest BCUT2D eigenvalue weighted by molar-refractivity contribution is -0.137. The molecule has 7 nitrogen and oxygen atoms in total. The van der Waals surface area contributed by atoms with Gasteiger partial charge in [-0.25, -0.2) is 0 Å². The van der Waals surface area contributed by atoms with E-state index in [2.05, 4.69) is 15.0 Å². The molecule has 1 aliphatic rings. The van der Waals surface area contributed by atoms with E-state index >= 15 is 0 Å². The van der Waals surface area contributed by atoms with Crippen LogP contribution in [0.2, 0.25) is 0 Å². The van der Waals surface area contributed by atoms with E-state index in [1.807, 2.05) is 9.80 Å². The summed E-state index contributed by atoms with van der Waals surface area (Å²) in [6.07, 6.45) is -4.35. The first-order chi connectivity index (χ1) is 12.4. The third kappa shape index (κ3) is 3.89. The van der Waals surface area contributed by atoms with Crippen LogP contribution in [0, 0.1) is 0 Å². The van der Waals surface area contributed by atoms with Crippen molar-refractivity contribution in [2.75, 3.05) is 50.2 Å². The Labute approximate surface area is 148 Å². The second kappa shape index (κ2) is 7.22. The molecule has 1 saturated heterocycles. The third-order valence-electron chi connectivity index (χ3n) is 4.05. The summed E-state index contributed by atoms with van der Waals surface area (Å²) in [5.74, 6) is 0.414. The van der Waals surface area contributed by atoms with Gasteiger partial charge in [-0.05, 0) is 18.2 Å². The zero-order chi connectivity index (χ0) is 18.7. The van der Waals surface area contributed by atoms with E-state index in [9.17, 15) is 13.2 Å². The zero-order valence-corrected chi connectivity index (χ0v) is 14.3. The summed E-state index contributed by atoms with van der Waals surface area (Å²) < 4.78 is 48.7. The molecule has 0 radical (unpaired) electrons. The number of methoxy groups -OCH3 is 2. The van der Waals surface area contributed by atoms with Crippen molar-refractivity contribution in [1.82, 2.24) is 15.0 Å². The predicted molar refractivity (Wildman–Crippen MR) is 88.8 cm³/mol. The molecule has 3 rings (SSSR count). The van der Waals surface area contributed by atoms with Crippen molar-refractivity contribution in [1.29, 1.82) is 0 Å². The van der Waals surface area contributed by atoms with Gasteiger partial charge in [-0.1, -0.05) is 6.07 Å². The number of nitrogens with zero attached hydrogens (tertiary/aromatic N) is 5. The highest BCUT2D eigenvalue weighted by molar-refractivity contribution is 5.51. The van der Waals surface area contributed by atoms with Gasteiger partial charge in [0.25, 0.3) is 0 Å². The summed E-state index contributed by atoms with van der Waals surface area (Å²) >= 11 is 0. The molecule has 0 unspecified atom stereocenters. The SMILES string of the molecule is COc1nc(OC)nc(N2CCN(c3cccc(C(F)(F)F)c3)CC2)n1. The van der Waals surface area contributed by atoms with Crippen LogP contribution in [0.5, 0.6) is 12.0 Å². The Bertz CT molecular complexity index is 742. The lowest BCUT2D eigenvalue weighted by Gasteiger charge is -2.36.